The number of hydrogen-bond acceptors (Lipinski definition) is 10. The quantitative estimate of drug-likeness (QED) is 0.149. The van der Waals surface area contributed by atoms with Crippen LogP contribution in [0.25, 0.3) is 0 Å². The standard InChI is InChI=1S/C30H36N2O8S/c1-18(2)14-39-27(34)16-37-25-9-7-20(11-26(25)38-17-28(35)40-15-19(3)4)24(33)13-32-12-22-10-21(29(31)41-5)6-8-23(22)30(32)36/h6-11,18-19,31H,12-17H2,1-5H3. The first-order chi connectivity index (χ1) is 19.5. The van der Waals surface area contributed by atoms with Gasteiger partial charge in [0.15, 0.2) is 30.5 Å². The second-order valence-electron chi connectivity index (χ2n) is 10.4. The van der Waals surface area contributed by atoms with E-state index in [1.807, 2.05) is 34.0 Å². The molecule has 0 saturated heterocycles. The van der Waals surface area contributed by atoms with E-state index in [1.165, 1.54) is 34.9 Å². The Morgan fingerprint density at radius 3 is 2.05 bits per heavy atom. The Hall–Kier alpha value is -3.86. The second kappa shape index (κ2) is 14.7. The molecule has 0 bridgehead atoms. The van der Waals surface area contributed by atoms with Crippen molar-refractivity contribution in [3.63, 3.8) is 0 Å². The van der Waals surface area contributed by atoms with Crippen molar-refractivity contribution in [2.45, 2.75) is 34.2 Å². The zero-order chi connectivity index (χ0) is 30.1. The molecule has 220 valence electrons. The lowest BCUT2D eigenvalue weighted by Gasteiger charge is -2.17. The van der Waals surface area contributed by atoms with E-state index in [0.29, 0.717) is 10.6 Å². The van der Waals surface area contributed by atoms with Gasteiger partial charge in [-0.25, -0.2) is 9.59 Å². The minimum absolute atomic E-state index is 0.0743. The summed E-state index contributed by atoms with van der Waals surface area (Å²) < 4.78 is 21.5. The molecular weight excluding hydrogens is 548 g/mol. The van der Waals surface area contributed by atoms with Crippen LogP contribution in [0, 0.1) is 17.2 Å². The third kappa shape index (κ3) is 9.07. The average molecular weight is 585 g/mol. The first-order valence-corrected chi connectivity index (χ1v) is 14.5. The number of esters is 2. The van der Waals surface area contributed by atoms with Gasteiger partial charge in [0.1, 0.15) is 0 Å². The number of nitrogens with zero attached hydrogens (tertiary/aromatic N) is 1. The Bertz CT molecular complexity index is 1310. The summed E-state index contributed by atoms with van der Waals surface area (Å²) in [5.74, 6) is -1.23. The summed E-state index contributed by atoms with van der Waals surface area (Å²) in [6.45, 7) is 7.39. The Morgan fingerprint density at radius 1 is 0.878 bits per heavy atom. The molecule has 1 heterocycles. The van der Waals surface area contributed by atoms with Crippen LogP contribution in [0.1, 0.15) is 59.5 Å². The Kier molecular flexibility index (Phi) is 11.3. The number of thioether (sulfide) groups is 1. The molecule has 2 aromatic rings. The largest absolute Gasteiger partial charge is 0.478 e. The maximum atomic E-state index is 13.2. The van der Waals surface area contributed by atoms with E-state index in [1.54, 1.807) is 18.2 Å². The molecule has 0 aromatic heterocycles. The van der Waals surface area contributed by atoms with E-state index in [-0.39, 0.29) is 73.5 Å². The topological polar surface area (TPSA) is 132 Å². The summed E-state index contributed by atoms with van der Waals surface area (Å²) in [6.07, 6.45) is 1.81. The van der Waals surface area contributed by atoms with Gasteiger partial charge in [0.2, 0.25) is 0 Å². The second-order valence-corrected chi connectivity index (χ2v) is 11.2. The van der Waals surface area contributed by atoms with Crippen molar-refractivity contribution in [1.82, 2.24) is 4.90 Å². The van der Waals surface area contributed by atoms with Crippen LogP contribution in [0.4, 0.5) is 0 Å². The van der Waals surface area contributed by atoms with Crippen molar-refractivity contribution in [1.29, 1.82) is 5.41 Å². The number of rotatable bonds is 14. The zero-order valence-corrected chi connectivity index (χ0v) is 24.8. The van der Waals surface area contributed by atoms with E-state index in [9.17, 15) is 19.2 Å². The van der Waals surface area contributed by atoms with Crippen LogP contribution in [-0.4, -0.2) is 72.8 Å². The minimum Gasteiger partial charge on any atom is -0.478 e. The Morgan fingerprint density at radius 2 is 1.46 bits per heavy atom. The molecule has 0 spiro atoms. The van der Waals surface area contributed by atoms with Gasteiger partial charge in [-0.2, -0.15) is 0 Å². The predicted molar refractivity (Wildman–Crippen MR) is 155 cm³/mol. The molecule has 0 aliphatic carbocycles. The molecule has 1 aliphatic rings. The van der Waals surface area contributed by atoms with Crippen LogP contribution in [-0.2, 0) is 25.6 Å². The summed E-state index contributed by atoms with van der Waals surface area (Å²) >= 11 is 1.31. The van der Waals surface area contributed by atoms with Gasteiger partial charge in [0.25, 0.3) is 5.91 Å². The van der Waals surface area contributed by atoms with Crippen molar-refractivity contribution in [2.24, 2.45) is 11.8 Å². The van der Waals surface area contributed by atoms with Gasteiger partial charge >= 0.3 is 11.9 Å². The third-order valence-electron chi connectivity index (χ3n) is 5.90. The number of amides is 1. The molecule has 11 heteroatoms. The lowest BCUT2D eigenvalue weighted by atomic mass is 10.1. The zero-order valence-electron chi connectivity index (χ0n) is 24.0. The van der Waals surface area contributed by atoms with Crippen molar-refractivity contribution < 1.29 is 38.1 Å². The van der Waals surface area contributed by atoms with Gasteiger partial charge in [-0.3, -0.25) is 15.0 Å². The molecule has 0 unspecified atom stereocenters. The summed E-state index contributed by atoms with van der Waals surface area (Å²) in [4.78, 5) is 51.8. The van der Waals surface area contributed by atoms with Crippen molar-refractivity contribution >= 4 is 40.4 Å². The fourth-order valence-corrected chi connectivity index (χ4v) is 4.18. The molecule has 0 atom stereocenters. The summed E-state index contributed by atoms with van der Waals surface area (Å²) in [7, 11) is 0. The molecule has 41 heavy (non-hydrogen) atoms. The fourth-order valence-electron chi connectivity index (χ4n) is 3.82. The number of ether oxygens (including phenoxy) is 4. The molecule has 1 aliphatic heterocycles. The summed E-state index contributed by atoms with van der Waals surface area (Å²) in [5.41, 5.74) is 2.22. The molecule has 1 amide bonds. The summed E-state index contributed by atoms with van der Waals surface area (Å²) in [6, 6.07) is 9.61. The van der Waals surface area contributed by atoms with Crippen molar-refractivity contribution in [3.8, 4) is 11.5 Å². The van der Waals surface area contributed by atoms with Gasteiger partial charge in [0.05, 0.1) is 24.8 Å². The molecule has 3 rings (SSSR count). The number of hydrogen-bond donors (Lipinski definition) is 1. The van der Waals surface area contributed by atoms with E-state index in [2.05, 4.69) is 0 Å². The maximum Gasteiger partial charge on any atom is 0.344 e. The van der Waals surface area contributed by atoms with E-state index < -0.39 is 18.5 Å². The first kappa shape index (κ1) is 31.7. The number of Topliss-reactive ketones (excluding diaryl/α,β-unsaturated/α-hetero) is 1. The van der Waals surface area contributed by atoms with Gasteiger partial charge in [-0.15, -0.1) is 11.8 Å². The van der Waals surface area contributed by atoms with Gasteiger partial charge in [-0.1, -0.05) is 33.8 Å². The number of ketones is 1. The van der Waals surface area contributed by atoms with Crippen LogP contribution in [0.15, 0.2) is 36.4 Å². The van der Waals surface area contributed by atoms with E-state index in [4.69, 9.17) is 24.4 Å². The average Bonchev–Trinajstić information content (AvgIpc) is 3.26. The number of carbonyl (C=O) groups is 4. The Balaban J connectivity index is 1.73. The highest BCUT2D eigenvalue weighted by Gasteiger charge is 2.30. The number of benzene rings is 2. The van der Waals surface area contributed by atoms with E-state index in [0.717, 1.165) is 11.1 Å². The highest BCUT2D eigenvalue weighted by molar-refractivity contribution is 8.13. The lowest BCUT2D eigenvalue weighted by Crippen LogP contribution is -2.30. The van der Waals surface area contributed by atoms with Crippen LogP contribution in [0.3, 0.4) is 0 Å². The van der Waals surface area contributed by atoms with Crippen LogP contribution in [0.2, 0.25) is 0 Å². The van der Waals surface area contributed by atoms with Gasteiger partial charge in [0, 0.05) is 23.2 Å². The van der Waals surface area contributed by atoms with Crippen molar-refractivity contribution in [2.75, 3.05) is 39.2 Å². The van der Waals surface area contributed by atoms with Crippen LogP contribution < -0.4 is 9.47 Å². The molecule has 10 nitrogen and oxygen atoms in total. The van der Waals surface area contributed by atoms with Crippen molar-refractivity contribution in [3.05, 3.63) is 58.7 Å². The number of nitrogens with one attached hydrogen (secondary N) is 1. The first-order valence-electron chi connectivity index (χ1n) is 13.3. The third-order valence-corrected chi connectivity index (χ3v) is 6.54. The summed E-state index contributed by atoms with van der Waals surface area (Å²) in [5, 5.41) is 8.43. The van der Waals surface area contributed by atoms with E-state index >= 15 is 0 Å². The molecule has 0 radical (unpaired) electrons. The lowest BCUT2D eigenvalue weighted by molar-refractivity contribution is -0.148. The number of fused-ring (bicyclic) bond motifs is 1. The Labute approximate surface area is 244 Å². The van der Waals surface area contributed by atoms with Crippen LogP contribution >= 0.6 is 11.8 Å². The van der Waals surface area contributed by atoms with Crippen LogP contribution in [0.5, 0.6) is 11.5 Å². The highest BCUT2D eigenvalue weighted by atomic mass is 32.2. The molecule has 2 aromatic carbocycles. The maximum absolute atomic E-state index is 13.2. The molecule has 0 fully saturated rings. The number of carbonyl (C=O) groups excluding carboxylic acids is 4. The normalized spacial score (nSPS) is 12.4. The highest BCUT2D eigenvalue weighted by Crippen LogP contribution is 2.30. The SMILES string of the molecule is CSC(=N)c1ccc2c(c1)CN(CC(=O)c1ccc(OCC(=O)OCC(C)C)c(OCC(=O)OCC(C)C)c1)C2=O. The monoisotopic (exact) mass is 584 g/mol. The molecule has 1 N–H and O–H groups in total. The predicted octanol–water partition coefficient (Wildman–Crippen LogP) is 4.37. The molecule has 0 saturated carbocycles. The minimum atomic E-state index is -0.591. The van der Waals surface area contributed by atoms with Gasteiger partial charge < -0.3 is 23.8 Å². The van der Waals surface area contributed by atoms with Gasteiger partial charge in [-0.05, 0) is 54.0 Å². The smallest absolute Gasteiger partial charge is 0.344 e. The molecular formula is C30H36N2O8S. The fraction of sp³-hybridized carbons (Fsp3) is 0.433.